The number of hydrogen-bond acceptors (Lipinski definition) is 3. The Morgan fingerprint density at radius 1 is 1.20 bits per heavy atom. The molecule has 0 unspecified atom stereocenters. The number of carbonyl (C=O) groups is 1. The van der Waals surface area contributed by atoms with Crippen molar-refractivity contribution < 1.29 is 14.6 Å². The van der Waals surface area contributed by atoms with Crippen LogP contribution in [-0.2, 0) is 0 Å². The number of anilines is 2. The van der Waals surface area contributed by atoms with Crippen LogP contribution < -0.4 is 9.64 Å². The fourth-order valence-corrected chi connectivity index (χ4v) is 2.09. The van der Waals surface area contributed by atoms with Crippen LogP contribution >= 0.6 is 11.6 Å². The van der Waals surface area contributed by atoms with E-state index in [1.165, 1.54) is 6.07 Å². The van der Waals surface area contributed by atoms with E-state index in [-0.39, 0.29) is 5.56 Å². The minimum Gasteiger partial charge on any atom is -0.497 e. The first-order valence-corrected chi connectivity index (χ1v) is 6.31. The fourth-order valence-electron chi connectivity index (χ4n) is 1.85. The van der Waals surface area contributed by atoms with E-state index in [1.807, 2.05) is 36.2 Å². The van der Waals surface area contributed by atoms with Gasteiger partial charge in [0.25, 0.3) is 0 Å². The van der Waals surface area contributed by atoms with E-state index in [1.54, 1.807) is 19.2 Å². The SMILES string of the molecule is COc1ccc(N(C)c2cc(C(=O)O)ccc2Cl)cc1. The standard InChI is InChI=1S/C15H14ClNO3/c1-17(11-4-6-12(20-2)7-5-11)14-9-10(15(18)19)3-8-13(14)16/h3-9H,1-2H3,(H,18,19). The topological polar surface area (TPSA) is 49.8 Å². The molecule has 2 aromatic rings. The largest absolute Gasteiger partial charge is 0.497 e. The van der Waals surface area contributed by atoms with E-state index >= 15 is 0 Å². The number of carboxylic acids is 1. The van der Waals surface area contributed by atoms with Gasteiger partial charge in [-0.2, -0.15) is 0 Å². The lowest BCUT2D eigenvalue weighted by Gasteiger charge is -2.21. The first-order chi connectivity index (χ1) is 9.52. The number of aromatic carboxylic acids is 1. The Hall–Kier alpha value is -2.20. The van der Waals surface area contributed by atoms with Gasteiger partial charge in [-0.25, -0.2) is 4.79 Å². The van der Waals surface area contributed by atoms with E-state index in [0.717, 1.165) is 11.4 Å². The van der Waals surface area contributed by atoms with E-state index in [2.05, 4.69) is 0 Å². The van der Waals surface area contributed by atoms with Gasteiger partial charge in [-0.1, -0.05) is 11.6 Å². The van der Waals surface area contributed by atoms with Crippen LogP contribution in [0.5, 0.6) is 5.75 Å². The minimum absolute atomic E-state index is 0.199. The summed E-state index contributed by atoms with van der Waals surface area (Å²) in [5, 5.41) is 9.54. The number of carboxylic acid groups (broad SMARTS) is 1. The molecule has 0 radical (unpaired) electrons. The maximum absolute atomic E-state index is 11.0. The number of rotatable bonds is 4. The van der Waals surface area contributed by atoms with Crippen molar-refractivity contribution >= 4 is 28.9 Å². The summed E-state index contributed by atoms with van der Waals surface area (Å²) in [5.41, 5.74) is 1.72. The van der Waals surface area contributed by atoms with Crippen LogP contribution in [0.4, 0.5) is 11.4 Å². The molecule has 0 saturated heterocycles. The van der Waals surface area contributed by atoms with Crippen molar-refractivity contribution in [2.75, 3.05) is 19.1 Å². The number of benzene rings is 2. The smallest absolute Gasteiger partial charge is 0.335 e. The normalized spacial score (nSPS) is 10.2. The molecule has 20 heavy (non-hydrogen) atoms. The predicted octanol–water partition coefficient (Wildman–Crippen LogP) is 3.81. The van der Waals surface area contributed by atoms with Gasteiger partial charge in [-0.15, -0.1) is 0 Å². The lowest BCUT2D eigenvalue weighted by Crippen LogP contribution is -2.11. The second-order valence-corrected chi connectivity index (χ2v) is 4.64. The highest BCUT2D eigenvalue weighted by Crippen LogP contribution is 2.32. The molecule has 104 valence electrons. The Morgan fingerprint density at radius 2 is 1.85 bits per heavy atom. The van der Waals surface area contributed by atoms with Crippen LogP contribution in [0.25, 0.3) is 0 Å². The molecular weight excluding hydrogens is 278 g/mol. The summed E-state index contributed by atoms with van der Waals surface area (Å²) in [7, 11) is 3.43. The maximum Gasteiger partial charge on any atom is 0.335 e. The zero-order valence-electron chi connectivity index (χ0n) is 11.1. The van der Waals surface area contributed by atoms with Gasteiger partial charge in [0.15, 0.2) is 0 Å². The van der Waals surface area contributed by atoms with E-state index < -0.39 is 5.97 Å². The Labute approximate surface area is 122 Å². The minimum atomic E-state index is -0.981. The molecule has 0 saturated carbocycles. The average Bonchev–Trinajstić information content (AvgIpc) is 2.47. The number of halogens is 1. The fraction of sp³-hybridized carbons (Fsp3) is 0.133. The molecule has 2 aromatic carbocycles. The molecule has 0 fully saturated rings. The highest BCUT2D eigenvalue weighted by Gasteiger charge is 2.12. The van der Waals surface area contributed by atoms with Crippen molar-refractivity contribution in [3.8, 4) is 5.75 Å². The van der Waals surface area contributed by atoms with E-state index in [9.17, 15) is 4.79 Å². The Morgan fingerprint density at radius 3 is 2.40 bits per heavy atom. The van der Waals surface area contributed by atoms with Crippen LogP contribution in [0.3, 0.4) is 0 Å². The second-order valence-electron chi connectivity index (χ2n) is 4.23. The Balaban J connectivity index is 2.38. The highest BCUT2D eigenvalue weighted by molar-refractivity contribution is 6.33. The summed E-state index contributed by atoms with van der Waals surface area (Å²) in [4.78, 5) is 12.9. The van der Waals surface area contributed by atoms with Gasteiger partial charge in [0.2, 0.25) is 0 Å². The van der Waals surface area contributed by atoms with Crippen molar-refractivity contribution in [3.63, 3.8) is 0 Å². The molecule has 0 atom stereocenters. The zero-order valence-corrected chi connectivity index (χ0v) is 11.9. The first kappa shape index (κ1) is 14.2. The molecule has 2 rings (SSSR count). The van der Waals surface area contributed by atoms with Crippen molar-refractivity contribution in [1.82, 2.24) is 0 Å². The van der Waals surface area contributed by atoms with Crippen molar-refractivity contribution in [2.24, 2.45) is 0 Å². The molecule has 0 heterocycles. The second kappa shape index (κ2) is 5.84. The lowest BCUT2D eigenvalue weighted by molar-refractivity contribution is 0.0697. The summed E-state index contributed by atoms with van der Waals surface area (Å²) < 4.78 is 5.11. The van der Waals surface area contributed by atoms with Gasteiger partial charge in [-0.05, 0) is 42.5 Å². The number of methoxy groups -OCH3 is 1. The van der Waals surface area contributed by atoms with Gasteiger partial charge in [0.1, 0.15) is 5.75 Å². The van der Waals surface area contributed by atoms with Crippen LogP contribution in [-0.4, -0.2) is 25.2 Å². The Kier molecular flexibility index (Phi) is 4.15. The molecule has 1 N–H and O–H groups in total. The third kappa shape index (κ3) is 2.86. The molecule has 0 aliphatic rings. The first-order valence-electron chi connectivity index (χ1n) is 5.93. The third-order valence-electron chi connectivity index (χ3n) is 3.01. The highest BCUT2D eigenvalue weighted by atomic mass is 35.5. The quantitative estimate of drug-likeness (QED) is 0.930. The van der Waals surface area contributed by atoms with Crippen LogP contribution in [0.1, 0.15) is 10.4 Å². The summed E-state index contributed by atoms with van der Waals surface area (Å²) >= 11 is 6.14. The molecule has 0 aromatic heterocycles. The van der Waals surface area contributed by atoms with Crippen LogP contribution in [0.2, 0.25) is 5.02 Å². The summed E-state index contributed by atoms with van der Waals surface area (Å²) in [6, 6.07) is 12.0. The summed E-state index contributed by atoms with van der Waals surface area (Å²) in [5.74, 6) is -0.224. The van der Waals surface area contributed by atoms with Crippen molar-refractivity contribution in [3.05, 3.63) is 53.1 Å². The number of hydrogen-bond donors (Lipinski definition) is 1. The van der Waals surface area contributed by atoms with Gasteiger partial charge < -0.3 is 14.7 Å². The van der Waals surface area contributed by atoms with Gasteiger partial charge in [0, 0.05) is 12.7 Å². The third-order valence-corrected chi connectivity index (χ3v) is 3.33. The molecular formula is C15H14ClNO3. The maximum atomic E-state index is 11.0. The summed E-state index contributed by atoms with van der Waals surface area (Å²) in [6.07, 6.45) is 0. The summed E-state index contributed by atoms with van der Waals surface area (Å²) in [6.45, 7) is 0. The Bertz CT molecular complexity index is 626. The monoisotopic (exact) mass is 291 g/mol. The van der Waals surface area contributed by atoms with Crippen molar-refractivity contribution in [2.45, 2.75) is 0 Å². The van der Waals surface area contributed by atoms with Gasteiger partial charge in [-0.3, -0.25) is 0 Å². The van der Waals surface area contributed by atoms with E-state index in [0.29, 0.717) is 10.7 Å². The molecule has 0 bridgehead atoms. The number of nitrogens with zero attached hydrogens (tertiary/aromatic N) is 1. The zero-order chi connectivity index (χ0) is 14.7. The van der Waals surface area contributed by atoms with Crippen LogP contribution in [0, 0.1) is 0 Å². The lowest BCUT2D eigenvalue weighted by atomic mass is 10.1. The van der Waals surface area contributed by atoms with Crippen LogP contribution in [0.15, 0.2) is 42.5 Å². The number of ether oxygens (including phenoxy) is 1. The molecule has 0 aliphatic heterocycles. The van der Waals surface area contributed by atoms with Gasteiger partial charge in [0.05, 0.1) is 23.4 Å². The molecule has 0 aliphatic carbocycles. The molecule has 4 nitrogen and oxygen atoms in total. The molecule has 0 amide bonds. The molecule has 0 spiro atoms. The predicted molar refractivity (Wildman–Crippen MR) is 79.5 cm³/mol. The van der Waals surface area contributed by atoms with E-state index in [4.69, 9.17) is 21.4 Å². The van der Waals surface area contributed by atoms with Gasteiger partial charge >= 0.3 is 5.97 Å². The average molecular weight is 292 g/mol. The molecule has 5 heteroatoms. The van der Waals surface area contributed by atoms with Crippen molar-refractivity contribution in [1.29, 1.82) is 0 Å².